The van der Waals surface area contributed by atoms with Crippen molar-refractivity contribution in [1.29, 1.82) is 0 Å². The van der Waals surface area contributed by atoms with Crippen LogP contribution in [0.25, 0.3) is 0 Å². The Labute approximate surface area is 140 Å². The fraction of sp³-hybridized carbons (Fsp3) is 0.222. The first kappa shape index (κ1) is 17.5. The molecule has 0 aliphatic rings. The molecule has 0 spiro atoms. The zero-order chi connectivity index (χ0) is 17.7. The quantitative estimate of drug-likeness (QED) is 0.856. The standard InChI is InChI=1S/C18H19FN2O3/c1-12(24-18(23)13-5-4-6-14(19)11-13)17(22)20-15-7-9-16(10-8-15)21(2)3/h4-12H,1-3H3,(H,20,22)/t12-/m1/s1. The van der Waals surface area contributed by atoms with Crippen molar-refractivity contribution in [2.45, 2.75) is 13.0 Å². The van der Waals surface area contributed by atoms with Crippen molar-refractivity contribution >= 4 is 23.3 Å². The van der Waals surface area contributed by atoms with E-state index >= 15 is 0 Å². The molecule has 1 N–H and O–H groups in total. The zero-order valence-electron chi connectivity index (χ0n) is 13.7. The number of halogens is 1. The Balaban J connectivity index is 1.95. The minimum atomic E-state index is -1.01. The number of esters is 1. The highest BCUT2D eigenvalue weighted by Gasteiger charge is 2.19. The van der Waals surface area contributed by atoms with Gasteiger partial charge in [-0.05, 0) is 49.4 Å². The molecular weight excluding hydrogens is 311 g/mol. The number of carbonyl (C=O) groups is 2. The summed E-state index contributed by atoms with van der Waals surface area (Å²) in [5.74, 6) is -1.75. The largest absolute Gasteiger partial charge is 0.449 e. The molecule has 1 amide bonds. The van der Waals surface area contributed by atoms with E-state index in [0.717, 1.165) is 11.8 Å². The first-order valence-electron chi connectivity index (χ1n) is 7.41. The molecule has 1 atom stereocenters. The molecule has 0 saturated carbocycles. The van der Waals surface area contributed by atoms with Gasteiger partial charge in [-0.3, -0.25) is 4.79 Å². The molecule has 0 aromatic heterocycles. The third-order valence-corrected chi connectivity index (χ3v) is 3.36. The fourth-order valence-corrected chi connectivity index (χ4v) is 1.98. The van der Waals surface area contributed by atoms with E-state index in [4.69, 9.17) is 4.74 Å². The van der Waals surface area contributed by atoms with Crippen LogP contribution in [0.3, 0.4) is 0 Å². The van der Waals surface area contributed by atoms with Gasteiger partial charge in [0.25, 0.3) is 5.91 Å². The first-order chi connectivity index (χ1) is 11.4. The zero-order valence-corrected chi connectivity index (χ0v) is 13.7. The summed E-state index contributed by atoms with van der Waals surface area (Å²) in [6.07, 6.45) is -1.01. The van der Waals surface area contributed by atoms with Crippen LogP contribution in [-0.4, -0.2) is 32.1 Å². The van der Waals surface area contributed by atoms with Gasteiger partial charge in [0, 0.05) is 25.5 Å². The average Bonchev–Trinajstić information content (AvgIpc) is 2.55. The molecule has 5 nitrogen and oxygen atoms in total. The molecule has 126 valence electrons. The van der Waals surface area contributed by atoms with Crippen molar-refractivity contribution in [3.63, 3.8) is 0 Å². The number of hydrogen-bond donors (Lipinski definition) is 1. The van der Waals surface area contributed by atoms with E-state index in [0.29, 0.717) is 5.69 Å². The summed E-state index contributed by atoms with van der Waals surface area (Å²) in [7, 11) is 3.84. The summed E-state index contributed by atoms with van der Waals surface area (Å²) in [5.41, 5.74) is 1.66. The number of nitrogens with zero attached hydrogens (tertiary/aromatic N) is 1. The number of anilines is 2. The Morgan fingerprint density at radius 1 is 1.12 bits per heavy atom. The van der Waals surface area contributed by atoms with Gasteiger partial charge < -0.3 is 15.0 Å². The molecule has 24 heavy (non-hydrogen) atoms. The van der Waals surface area contributed by atoms with Gasteiger partial charge in [-0.15, -0.1) is 0 Å². The van der Waals surface area contributed by atoms with Gasteiger partial charge in [0.15, 0.2) is 6.10 Å². The van der Waals surface area contributed by atoms with E-state index in [2.05, 4.69) is 5.32 Å². The molecule has 0 saturated heterocycles. The second-order valence-corrected chi connectivity index (χ2v) is 5.49. The number of hydrogen-bond acceptors (Lipinski definition) is 4. The van der Waals surface area contributed by atoms with Crippen LogP contribution in [0.1, 0.15) is 17.3 Å². The van der Waals surface area contributed by atoms with Crippen molar-refractivity contribution in [3.8, 4) is 0 Å². The minimum absolute atomic E-state index is 0.0602. The van der Waals surface area contributed by atoms with Crippen LogP contribution in [-0.2, 0) is 9.53 Å². The van der Waals surface area contributed by atoms with Gasteiger partial charge in [-0.1, -0.05) is 6.07 Å². The lowest BCUT2D eigenvalue weighted by atomic mass is 10.2. The lowest BCUT2D eigenvalue weighted by molar-refractivity contribution is -0.123. The highest BCUT2D eigenvalue weighted by molar-refractivity contribution is 5.97. The number of carbonyl (C=O) groups excluding carboxylic acids is 2. The third kappa shape index (κ3) is 4.55. The van der Waals surface area contributed by atoms with E-state index in [1.54, 1.807) is 12.1 Å². The van der Waals surface area contributed by atoms with E-state index in [1.165, 1.54) is 25.1 Å². The molecule has 0 aliphatic carbocycles. The van der Waals surface area contributed by atoms with E-state index in [9.17, 15) is 14.0 Å². The third-order valence-electron chi connectivity index (χ3n) is 3.36. The van der Waals surface area contributed by atoms with E-state index in [1.807, 2.05) is 31.1 Å². The molecule has 2 aromatic rings. The molecule has 0 bridgehead atoms. The van der Waals surface area contributed by atoms with Crippen LogP contribution in [0.2, 0.25) is 0 Å². The van der Waals surface area contributed by atoms with Crippen LogP contribution in [0, 0.1) is 5.82 Å². The van der Waals surface area contributed by atoms with Crippen molar-refractivity contribution in [1.82, 2.24) is 0 Å². The topological polar surface area (TPSA) is 58.6 Å². The number of amides is 1. The predicted octanol–water partition coefficient (Wildman–Crippen LogP) is 3.08. The van der Waals surface area contributed by atoms with Gasteiger partial charge in [0.1, 0.15) is 5.82 Å². The monoisotopic (exact) mass is 330 g/mol. The molecule has 0 aliphatic heterocycles. The maximum Gasteiger partial charge on any atom is 0.339 e. The second kappa shape index (κ2) is 7.59. The summed E-state index contributed by atoms with van der Waals surface area (Å²) in [6, 6.07) is 12.4. The maximum atomic E-state index is 13.1. The van der Waals surface area contributed by atoms with Crippen molar-refractivity contribution in [2.24, 2.45) is 0 Å². The Morgan fingerprint density at radius 2 is 1.79 bits per heavy atom. The van der Waals surface area contributed by atoms with Crippen LogP contribution >= 0.6 is 0 Å². The van der Waals surface area contributed by atoms with Crippen LogP contribution in [0.4, 0.5) is 15.8 Å². The van der Waals surface area contributed by atoms with Gasteiger partial charge in [-0.2, -0.15) is 0 Å². The highest BCUT2D eigenvalue weighted by atomic mass is 19.1. The van der Waals surface area contributed by atoms with E-state index in [-0.39, 0.29) is 5.56 Å². The van der Waals surface area contributed by atoms with Gasteiger partial charge in [0.05, 0.1) is 5.56 Å². The number of nitrogens with one attached hydrogen (secondary N) is 1. The highest BCUT2D eigenvalue weighted by Crippen LogP contribution is 2.16. The molecule has 0 fully saturated rings. The van der Waals surface area contributed by atoms with Crippen molar-refractivity contribution in [2.75, 3.05) is 24.3 Å². The molecule has 2 aromatic carbocycles. The van der Waals surface area contributed by atoms with Crippen LogP contribution < -0.4 is 10.2 Å². The summed E-state index contributed by atoms with van der Waals surface area (Å²) in [4.78, 5) is 25.9. The summed E-state index contributed by atoms with van der Waals surface area (Å²) in [6.45, 7) is 1.46. The number of benzene rings is 2. The second-order valence-electron chi connectivity index (χ2n) is 5.49. The number of ether oxygens (including phenoxy) is 1. The SMILES string of the molecule is C[C@@H](OC(=O)c1cccc(F)c1)C(=O)Nc1ccc(N(C)C)cc1. The summed E-state index contributed by atoms with van der Waals surface area (Å²) in [5, 5.41) is 2.67. The number of rotatable bonds is 5. The molecular formula is C18H19FN2O3. The lowest BCUT2D eigenvalue weighted by Crippen LogP contribution is -2.30. The minimum Gasteiger partial charge on any atom is -0.449 e. The molecule has 0 heterocycles. The Bertz CT molecular complexity index is 729. The van der Waals surface area contributed by atoms with Gasteiger partial charge in [-0.25, -0.2) is 9.18 Å². The first-order valence-corrected chi connectivity index (χ1v) is 7.41. The summed E-state index contributed by atoms with van der Waals surface area (Å²) < 4.78 is 18.2. The lowest BCUT2D eigenvalue weighted by Gasteiger charge is -2.15. The predicted molar refractivity (Wildman–Crippen MR) is 90.7 cm³/mol. The fourth-order valence-electron chi connectivity index (χ4n) is 1.98. The van der Waals surface area contributed by atoms with Gasteiger partial charge in [0.2, 0.25) is 0 Å². The molecule has 6 heteroatoms. The average molecular weight is 330 g/mol. The van der Waals surface area contributed by atoms with Crippen LogP contribution in [0.5, 0.6) is 0 Å². The normalized spacial score (nSPS) is 11.5. The summed E-state index contributed by atoms with van der Waals surface area (Å²) >= 11 is 0. The Hall–Kier alpha value is -2.89. The Kier molecular flexibility index (Phi) is 5.52. The molecule has 0 unspecified atom stereocenters. The van der Waals surface area contributed by atoms with Crippen LogP contribution in [0.15, 0.2) is 48.5 Å². The maximum absolute atomic E-state index is 13.1. The van der Waals surface area contributed by atoms with Crippen molar-refractivity contribution < 1.29 is 18.7 Å². The smallest absolute Gasteiger partial charge is 0.339 e. The molecule has 0 radical (unpaired) electrons. The Morgan fingerprint density at radius 3 is 2.38 bits per heavy atom. The molecule has 2 rings (SSSR count). The van der Waals surface area contributed by atoms with E-state index < -0.39 is 23.8 Å². The van der Waals surface area contributed by atoms with Crippen molar-refractivity contribution in [3.05, 3.63) is 59.9 Å². The van der Waals surface area contributed by atoms with Gasteiger partial charge >= 0.3 is 5.97 Å².